The van der Waals surface area contributed by atoms with Crippen LogP contribution in [0.25, 0.3) is 11.0 Å². The molecule has 0 aliphatic carbocycles. The molecule has 0 fully saturated rings. The third kappa shape index (κ3) is 3.11. The molecule has 0 aliphatic heterocycles. The average molecular weight is 348 g/mol. The lowest BCUT2D eigenvalue weighted by atomic mass is 9.96. The van der Waals surface area contributed by atoms with Crippen molar-refractivity contribution in [2.75, 3.05) is 0 Å². The molecule has 0 amide bonds. The maximum absolute atomic E-state index is 13.6. The highest BCUT2D eigenvalue weighted by molar-refractivity contribution is 9.10. The van der Waals surface area contributed by atoms with Gasteiger partial charge in [0.05, 0.1) is 20.9 Å². The molecule has 1 unspecified atom stereocenters. The van der Waals surface area contributed by atoms with Gasteiger partial charge in [-0.2, -0.15) is 0 Å². The number of rotatable bonds is 2. The second kappa shape index (κ2) is 5.06. The predicted octanol–water partition coefficient (Wildman–Crippen LogP) is 5.28. The predicted molar refractivity (Wildman–Crippen MR) is 81.1 cm³/mol. The molecule has 5 heteroatoms. The minimum absolute atomic E-state index is 0.0923. The number of aromatic nitrogens is 2. The number of imidazole rings is 1. The van der Waals surface area contributed by atoms with Gasteiger partial charge in [-0.1, -0.05) is 20.8 Å². The molecule has 104 valence electrons. The summed E-state index contributed by atoms with van der Waals surface area (Å²) < 4.78 is 16.1. The number of benzene rings is 1. The maximum atomic E-state index is 13.6. The summed E-state index contributed by atoms with van der Waals surface area (Å²) in [6.07, 6.45) is 0. The summed E-state index contributed by atoms with van der Waals surface area (Å²) in [4.78, 5) is 4.47. The van der Waals surface area contributed by atoms with E-state index in [0.29, 0.717) is 9.99 Å². The average Bonchev–Trinajstić information content (AvgIpc) is 2.56. The largest absolute Gasteiger partial charge is 0.326 e. The lowest BCUT2D eigenvalue weighted by Crippen LogP contribution is -2.17. The standard InChI is InChI=1S/C14H17BrClFN2/c1-8(16)13-18-11-6-10(17)9(15)5-12(11)19(13)7-14(2,3)4/h5-6,8H,7H2,1-4H3. The minimum atomic E-state index is -0.304. The van der Waals surface area contributed by atoms with Crippen LogP contribution in [0.3, 0.4) is 0 Å². The quantitative estimate of drug-likeness (QED) is 0.675. The second-order valence-corrected chi connectivity index (χ2v) is 7.50. The lowest BCUT2D eigenvalue weighted by Gasteiger charge is -2.21. The van der Waals surface area contributed by atoms with Gasteiger partial charge in [0.1, 0.15) is 11.6 Å². The first-order chi connectivity index (χ1) is 8.69. The molecule has 1 aromatic carbocycles. The van der Waals surface area contributed by atoms with E-state index in [4.69, 9.17) is 11.6 Å². The van der Waals surface area contributed by atoms with E-state index in [-0.39, 0.29) is 16.6 Å². The minimum Gasteiger partial charge on any atom is -0.326 e. The van der Waals surface area contributed by atoms with Gasteiger partial charge >= 0.3 is 0 Å². The Morgan fingerprint density at radius 1 is 1.42 bits per heavy atom. The summed E-state index contributed by atoms with van der Waals surface area (Å²) in [5, 5.41) is -0.211. The van der Waals surface area contributed by atoms with Crippen LogP contribution in [0.5, 0.6) is 0 Å². The van der Waals surface area contributed by atoms with Crippen molar-refractivity contribution in [3.63, 3.8) is 0 Å². The topological polar surface area (TPSA) is 17.8 Å². The molecule has 0 bridgehead atoms. The normalized spacial score (nSPS) is 14.1. The van der Waals surface area contributed by atoms with Crippen LogP contribution >= 0.6 is 27.5 Å². The van der Waals surface area contributed by atoms with Crippen LogP contribution in [0.4, 0.5) is 4.39 Å². The van der Waals surface area contributed by atoms with Crippen molar-refractivity contribution in [2.45, 2.75) is 39.6 Å². The molecule has 0 radical (unpaired) electrons. The summed E-state index contributed by atoms with van der Waals surface area (Å²) in [5.74, 6) is 0.478. The Morgan fingerprint density at radius 3 is 2.58 bits per heavy atom. The molecule has 0 saturated heterocycles. The first-order valence-electron chi connectivity index (χ1n) is 6.18. The summed E-state index contributed by atoms with van der Waals surface area (Å²) in [6, 6.07) is 3.22. The van der Waals surface area contributed by atoms with Crippen LogP contribution < -0.4 is 0 Å². The van der Waals surface area contributed by atoms with Crippen molar-refractivity contribution in [1.29, 1.82) is 0 Å². The van der Waals surface area contributed by atoms with Crippen LogP contribution in [0.1, 0.15) is 38.9 Å². The Morgan fingerprint density at radius 2 is 2.05 bits per heavy atom. The van der Waals surface area contributed by atoms with Crippen LogP contribution in [-0.2, 0) is 6.54 Å². The Bertz CT molecular complexity index is 614. The molecule has 19 heavy (non-hydrogen) atoms. The van der Waals surface area contributed by atoms with E-state index in [1.807, 2.05) is 6.92 Å². The van der Waals surface area contributed by atoms with Gasteiger partial charge in [-0.25, -0.2) is 9.37 Å². The van der Waals surface area contributed by atoms with E-state index in [0.717, 1.165) is 17.9 Å². The SMILES string of the molecule is CC(Cl)c1nc2cc(F)c(Br)cc2n1CC(C)(C)C. The highest BCUT2D eigenvalue weighted by Crippen LogP contribution is 2.31. The Labute approximate surface area is 126 Å². The number of halogens is 3. The molecule has 2 rings (SSSR count). The zero-order chi connectivity index (χ0) is 14.4. The van der Waals surface area contributed by atoms with Crippen LogP contribution in [0, 0.1) is 11.2 Å². The van der Waals surface area contributed by atoms with E-state index in [9.17, 15) is 4.39 Å². The Kier molecular flexibility index (Phi) is 3.94. The lowest BCUT2D eigenvalue weighted by molar-refractivity contribution is 0.343. The van der Waals surface area contributed by atoms with Gasteiger partial charge in [-0.05, 0) is 34.3 Å². The van der Waals surface area contributed by atoms with Crippen molar-refractivity contribution < 1.29 is 4.39 Å². The molecule has 0 saturated carbocycles. The monoisotopic (exact) mass is 346 g/mol. The van der Waals surface area contributed by atoms with Gasteiger partial charge in [0.25, 0.3) is 0 Å². The third-order valence-electron chi connectivity index (χ3n) is 2.81. The van der Waals surface area contributed by atoms with Crippen LogP contribution in [-0.4, -0.2) is 9.55 Å². The summed E-state index contributed by atoms with van der Waals surface area (Å²) in [5.41, 5.74) is 1.65. The molecule has 0 N–H and O–H groups in total. The van der Waals surface area contributed by atoms with Gasteiger partial charge in [-0.3, -0.25) is 0 Å². The van der Waals surface area contributed by atoms with Crippen molar-refractivity contribution in [2.24, 2.45) is 5.41 Å². The van der Waals surface area contributed by atoms with Crippen molar-refractivity contribution >= 4 is 38.6 Å². The number of fused-ring (bicyclic) bond motifs is 1. The number of nitrogens with zero attached hydrogens (tertiary/aromatic N) is 2. The zero-order valence-corrected chi connectivity index (χ0v) is 13.8. The molecular formula is C14H17BrClFN2. The van der Waals surface area contributed by atoms with Crippen LogP contribution in [0.15, 0.2) is 16.6 Å². The second-order valence-electron chi connectivity index (χ2n) is 5.99. The smallest absolute Gasteiger partial charge is 0.139 e. The van der Waals surface area contributed by atoms with E-state index < -0.39 is 0 Å². The number of hydrogen-bond donors (Lipinski definition) is 0. The van der Waals surface area contributed by atoms with Gasteiger partial charge < -0.3 is 4.57 Å². The van der Waals surface area contributed by atoms with Crippen molar-refractivity contribution in [3.8, 4) is 0 Å². The van der Waals surface area contributed by atoms with E-state index in [1.165, 1.54) is 6.07 Å². The molecule has 2 nitrogen and oxygen atoms in total. The summed E-state index contributed by atoms with van der Waals surface area (Å²) in [7, 11) is 0. The zero-order valence-electron chi connectivity index (χ0n) is 11.5. The fourth-order valence-electron chi connectivity index (χ4n) is 2.08. The molecule has 1 heterocycles. The highest BCUT2D eigenvalue weighted by Gasteiger charge is 2.21. The van der Waals surface area contributed by atoms with Crippen molar-refractivity contribution in [3.05, 3.63) is 28.2 Å². The third-order valence-corrected chi connectivity index (χ3v) is 3.61. The fourth-order valence-corrected chi connectivity index (χ4v) is 2.58. The summed E-state index contributed by atoms with van der Waals surface area (Å²) >= 11 is 9.43. The molecular weight excluding hydrogens is 331 g/mol. The van der Waals surface area contributed by atoms with Gasteiger partial charge in [0.15, 0.2) is 0 Å². The molecule has 0 spiro atoms. The van der Waals surface area contributed by atoms with Gasteiger partial charge in [-0.15, -0.1) is 11.6 Å². The van der Waals surface area contributed by atoms with E-state index in [2.05, 4.69) is 46.3 Å². The van der Waals surface area contributed by atoms with Crippen molar-refractivity contribution in [1.82, 2.24) is 9.55 Å². The van der Waals surface area contributed by atoms with E-state index in [1.54, 1.807) is 6.07 Å². The molecule has 1 aromatic heterocycles. The van der Waals surface area contributed by atoms with Crippen LogP contribution in [0.2, 0.25) is 0 Å². The van der Waals surface area contributed by atoms with Gasteiger partial charge in [0.2, 0.25) is 0 Å². The number of alkyl halides is 1. The fraction of sp³-hybridized carbons (Fsp3) is 0.500. The first kappa shape index (κ1) is 14.8. The first-order valence-corrected chi connectivity index (χ1v) is 7.41. The summed E-state index contributed by atoms with van der Waals surface area (Å²) in [6.45, 7) is 9.13. The number of hydrogen-bond acceptors (Lipinski definition) is 1. The van der Waals surface area contributed by atoms with Gasteiger partial charge in [0, 0.05) is 12.6 Å². The van der Waals surface area contributed by atoms with E-state index >= 15 is 0 Å². The maximum Gasteiger partial charge on any atom is 0.139 e. The Balaban J connectivity index is 2.69. The molecule has 2 aromatic rings. The highest BCUT2D eigenvalue weighted by atomic mass is 79.9. The molecule has 0 aliphatic rings. The molecule has 1 atom stereocenters. The Hall–Kier alpha value is -0.610.